The van der Waals surface area contributed by atoms with Gasteiger partial charge in [0.05, 0.1) is 0 Å². The number of amides is 1. The maximum atomic E-state index is 12.0. The number of ether oxygens (including phenoxy) is 1. The van der Waals surface area contributed by atoms with Gasteiger partial charge in [-0.25, -0.2) is 4.79 Å². The van der Waals surface area contributed by atoms with Gasteiger partial charge in [0.25, 0.3) is 0 Å². The van der Waals surface area contributed by atoms with Crippen molar-refractivity contribution < 1.29 is 9.53 Å². The highest BCUT2D eigenvalue weighted by Gasteiger charge is 2.26. The average molecular weight is 308 g/mol. The van der Waals surface area contributed by atoms with Crippen LogP contribution in [-0.4, -0.2) is 52.1 Å². The lowest BCUT2D eigenvalue weighted by Gasteiger charge is -2.33. The number of nitrogens with zero attached hydrogens (tertiary/aromatic N) is 3. The highest BCUT2D eigenvalue weighted by Crippen LogP contribution is 2.15. The number of nitrogens with one attached hydrogen (secondary N) is 1. The summed E-state index contributed by atoms with van der Waals surface area (Å²) in [5, 5.41) is 7.75. The molecule has 0 aliphatic carbocycles. The third-order valence-electron chi connectivity index (χ3n) is 3.88. The molecule has 6 heteroatoms. The number of likely N-dealkylation sites (tertiary alicyclic amines) is 1. The molecule has 2 rings (SSSR count). The monoisotopic (exact) mass is 308 g/mol. The number of rotatable bonds is 4. The minimum absolute atomic E-state index is 0.194. The molecule has 1 N–H and O–H groups in total. The van der Waals surface area contributed by atoms with Crippen molar-refractivity contribution in [2.24, 2.45) is 7.05 Å². The van der Waals surface area contributed by atoms with E-state index in [1.807, 2.05) is 49.7 Å². The molecular weight excluding hydrogens is 280 g/mol. The Morgan fingerprint density at radius 3 is 2.64 bits per heavy atom. The van der Waals surface area contributed by atoms with Gasteiger partial charge in [0.2, 0.25) is 0 Å². The van der Waals surface area contributed by atoms with Crippen molar-refractivity contribution in [1.29, 1.82) is 0 Å². The fraction of sp³-hybridized carbons (Fsp3) is 0.750. The first-order chi connectivity index (χ1) is 10.3. The summed E-state index contributed by atoms with van der Waals surface area (Å²) in [6.07, 6.45) is 4.56. The number of aryl methyl sites for hydroxylation is 1. The van der Waals surface area contributed by atoms with Crippen LogP contribution in [0, 0.1) is 0 Å². The Morgan fingerprint density at radius 2 is 2.09 bits per heavy atom. The second kappa shape index (κ2) is 7.13. The summed E-state index contributed by atoms with van der Waals surface area (Å²) in [6.45, 7) is 8.17. The molecule has 0 radical (unpaired) electrons. The van der Waals surface area contributed by atoms with Crippen molar-refractivity contribution in [2.45, 2.75) is 51.7 Å². The molecule has 0 unspecified atom stereocenters. The van der Waals surface area contributed by atoms with Crippen molar-refractivity contribution in [3.8, 4) is 0 Å². The second-order valence-corrected chi connectivity index (χ2v) is 6.89. The van der Waals surface area contributed by atoms with Crippen LogP contribution in [0.1, 0.15) is 39.3 Å². The Hall–Kier alpha value is -1.56. The van der Waals surface area contributed by atoms with Crippen LogP contribution in [0.15, 0.2) is 12.3 Å². The van der Waals surface area contributed by atoms with Gasteiger partial charge >= 0.3 is 6.09 Å². The maximum Gasteiger partial charge on any atom is 0.410 e. The number of carbonyl (C=O) groups excluding carboxylic acids is 1. The van der Waals surface area contributed by atoms with Gasteiger partial charge in [0, 0.05) is 51.0 Å². The highest BCUT2D eigenvalue weighted by atomic mass is 16.6. The summed E-state index contributed by atoms with van der Waals surface area (Å²) in [5.41, 5.74) is 0.814. The third-order valence-corrected chi connectivity index (χ3v) is 3.88. The molecule has 0 aromatic carbocycles. The van der Waals surface area contributed by atoms with E-state index < -0.39 is 5.60 Å². The summed E-state index contributed by atoms with van der Waals surface area (Å²) in [5.74, 6) is 0. The van der Waals surface area contributed by atoms with E-state index in [2.05, 4.69) is 10.4 Å². The van der Waals surface area contributed by atoms with Gasteiger partial charge in [-0.05, 0) is 39.7 Å². The molecule has 1 amide bonds. The Balaban J connectivity index is 1.67. The zero-order valence-corrected chi connectivity index (χ0v) is 14.1. The van der Waals surface area contributed by atoms with Gasteiger partial charge in [-0.1, -0.05) is 0 Å². The molecule has 1 aliphatic rings. The lowest BCUT2D eigenvalue weighted by Crippen LogP contribution is -2.46. The van der Waals surface area contributed by atoms with E-state index in [0.29, 0.717) is 6.04 Å². The number of carbonyl (C=O) groups is 1. The minimum atomic E-state index is -0.421. The van der Waals surface area contributed by atoms with Gasteiger partial charge < -0.3 is 15.0 Å². The largest absolute Gasteiger partial charge is 0.444 e. The third kappa shape index (κ3) is 5.02. The predicted molar refractivity (Wildman–Crippen MR) is 85.7 cm³/mol. The van der Waals surface area contributed by atoms with Crippen molar-refractivity contribution in [3.05, 3.63) is 18.0 Å². The van der Waals surface area contributed by atoms with Crippen LogP contribution < -0.4 is 5.32 Å². The Bertz CT molecular complexity index is 485. The van der Waals surface area contributed by atoms with Crippen LogP contribution in [0.3, 0.4) is 0 Å². The first kappa shape index (κ1) is 16.8. The predicted octanol–water partition coefficient (Wildman–Crippen LogP) is 1.95. The maximum absolute atomic E-state index is 12.0. The van der Waals surface area contributed by atoms with Crippen molar-refractivity contribution in [1.82, 2.24) is 20.0 Å². The summed E-state index contributed by atoms with van der Waals surface area (Å²) in [7, 11) is 1.97. The molecule has 0 saturated carbocycles. The SMILES string of the molecule is Cn1nccc1CCNC1CCN(C(=O)OC(C)(C)C)CC1. The normalized spacial score (nSPS) is 16.8. The Labute approximate surface area is 132 Å². The van der Waals surface area contributed by atoms with Crippen LogP contribution >= 0.6 is 0 Å². The second-order valence-electron chi connectivity index (χ2n) is 6.89. The molecule has 22 heavy (non-hydrogen) atoms. The van der Waals surface area contributed by atoms with E-state index in [-0.39, 0.29) is 6.09 Å². The zero-order chi connectivity index (χ0) is 16.2. The molecule has 1 fully saturated rings. The fourth-order valence-electron chi connectivity index (χ4n) is 2.64. The van der Waals surface area contributed by atoms with E-state index >= 15 is 0 Å². The number of hydrogen-bond donors (Lipinski definition) is 1. The molecule has 6 nitrogen and oxygen atoms in total. The van der Waals surface area contributed by atoms with Crippen LogP contribution in [0.5, 0.6) is 0 Å². The van der Waals surface area contributed by atoms with E-state index in [1.54, 1.807) is 0 Å². The summed E-state index contributed by atoms with van der Waals surface area (Å²) in [4.78, 5) is 13.8. The molecule has 0 bridgehead atoms. The Kier molecular flexibility index (Phi) is 5.45. The van der Waals surface area contributed by atoms with Crippen molar-refractivity contribution in [2.75, 3.05) is 19.6 Å². The van der Waals surface area contributed by atoms with Crippen LogP contribution in [0.2, 0.25) is 0 Å². The minimum Gasteiger partial charge on any atom is -0.444 e. The molecular formula is C16H28N4O2. The average Bonchev–Trinajstić information content (AvgIpc) is 2.83. The highest BCUT2D eigenvalue weighted by molar-refractivity contribution is 5.68. The number of aromatic nitrogens is 2. The fourth-order valence-corrected chi connectivity index (χ4v) is 2.64. The van der Waals surface area contributed by atoms with Crippen molar-refractivity contribution in [3.63, 3.8) is 0 Å². The molecule has 1 saturated heterocycles. The lowest BCUT2D eigenvalue weighted by atomic mass is 10.1. The van der Waals surface area contributed by atoms with Crippen LogP contribution in [-0.2, 0) is 18.2 Å². The van der Waals surface area contributed by atoms with Gasteiger partial charge in [0.1, 0.15) is 5.60 Å². The summed E-state index contributed by atoms with van der Waals surface area (Å²) in [6, 6.07) is 2.53. The van der Waals surface area contributed by atoms with Crippen molar-refractivity contribution >= 4 is 6.09 Å². The first-order valence-electron chi connectivity index (χ1n) is 8.03. The number of piperidine rings is 1. The molecule has 1 aromatic heterocycles. The molecule has 124 valence electrons. The first-order valence-corrected chi connectivity index (χ1v) is 8.03. The standard InChI is InChI=1S/C16H28N4O2/c1-16(2,3)22-15(21)20-11-7-13(8-12-20)17-9-5-14-6-10-18-19(14)4/h6,10,13,17H,5,7-9,11-12H2,1-4H3. The lowest BCUT2D eigenvalue weighted by molar-refractivity contribution is 0.0198. The van der Waals surface area contributed by atoms with Gasteiger partial charge in [-0.15, -0.1) is 0 Å². The van der Waals surface area contributed by atoms with Gasteiger partial charge in [-0.2, -0.15) is 5.10 Å². The molecule has 1 aromatic rings. The van der Waals surface area contributed by atoms with Crippen LogP contribution in [0.25, 0.3) is 0 Å². The molecule has 2 heterocycles. The molecule has 0 atom stereocenters. The van der Waals surface area contributed by atoms with Crippen LogP contribution in [0.4, 0.5) is 4.79 Å². The van der Waals surface area contributed by atoms with Gasteiger partial charge in [0.15, 0.2) is 0 Å². The smallest absolute Gasteiger partial charge is 0.410 e. The Morgan fingerprint density at radius 1 is 1.41 bits per heavy atom. The van der Waals surface area contributed by atoms with E-state index in [4.69, 9.17) is 4.74 Å². The van der Waals surface area contributed by atoms with Gasteiger partial charge in [-0.3, -0.25) is 4.68 Å². The molecule has 0 spiro atoms. The summed E-state index contributed by atoms with van der Waals surface area (Å²) < 4.78 is 7.32. The zero-order valence-electron chi connectivity index (χ0n) is 14.1. The molecule has 1 aliphatic heterocycles. The van der Waals surface area contributed by atoms with E-state index in [1.165, 1.54) is 5.69 Å². The quantitative estimate of drug-likeness (QED) is 0.923. The van der Waals surface area contributed by atoms with E-state index in [0.717, 1.165) is 38.9 Å². The van der Waals surface area contributed by atoms with E-state index in [9.17, 15) is 4.79 Å². The summed E-state index contributed by atoms with van der Waals surface area (Å²) >= 11 is 0. The number of hydrogen-bond acceptors (Lipinski definition) is 4. The topological polar surface area (TPSA) is 59.4 Å².